The minimum absolute atomic E-state index is 0.293. The van der Waals surface area contributed by atoms with Crippen molar-refractivity contribution in [1.29, 1.82) is 0 Å². The minimum atomic E-state index is -0.293. The van der Waals surface area contributed by atoms with E-state index in [1.165, 1.54) is 5.56 Å². The van der Waals surface area contributed by atoms with E-state index in [0.29, 0.717) is 13.2 Å². The number of ether oxygens (including phenoxy) is 1. The number of nitrogens with zero attached hydrogens (tertiary/aromatic N) is 1. The van der Waals surface area contributed by atoms with Gasteiger partial charge in [-0.25, -0.2) is 0 Å². The van der Waals surface area contributed by atoms with Crippen molar-refractivity contribution in [3.8, 4) is 0 Å². The van der Waals surface area contributed by atoms with E-state index < -0.39 is 0 Å². The highest BCUT2D eigenvalue weighted by Gasteiger charge is 2.34. The maximum atomic E-state index is 5.75. The summed E-state index contributed by atoms with van der Waals surface area (Å²) < 4.78 is 5.75. The van der Waals surface area contributed by atoms with Crippen LogP contribution in [0.1, 0.15) is 25.8 Å². The average molecular weight is 279 g/mol. The van der Waals surface area contributed by atoms with Gasteiger partial charge in [-0.15, -0.1) is 0 Å². The average Bonchev–Trinajstić information content (AvgIpc) is 2.80. The van der Waals surface area contributed by atoms with E-state index in [2.05, 4.69) is 31.1 Å². The molecule has 1 aromatic rings. The van der Waals surface area contributed by atoms with Crippen LogP contribution in [0.3, 0.4) is 0 Å². The third kappa shape index (κ3) is 4.55. The van der Waals surface area contributed by atoms with Crippen molar-refractivity contribution in [1.82, 2.24) is 0 Å². The van der Waals surface area contributed by atoms with Crippen LogP contribution in [-0.4, -0.2) is 29.4 Å². The summed E-state index contributed by atoms with van der Waals surface area (Å²) in [6, 6.07) is 10.2. The van der Waals surface area contributed by atoms with Crippen molar-refractivity contribution < 1.29 is 9.57 Å². The lowest BCUT2D eigenvalue weighted by atomic mass is 10.0. The highest BCUT2D eigenvalue weighted by Crippen LogP contribution is 2.25. The predicted octanol–water partition coefficient (Wildman–Crippen LogP) is 3.49. The van der Waals surface area contributed by atoms with Crippen LogP contribution in [-0.2, 0) is 16.2 Å². The second-order valence-electron chi connectivity index (χ2n) is 4.99. The number of rotatable bonds is 7. The maximum absolute atomic E-state index is 5.75. The van der Waals surface area contributed by atoms with Gasteiger partial charge in [0.1, 0.15) is 0 Å². The molecule has 1 atom stereocenters. The monoisotopic (exact) mass is 279 g/mol. The Morgan fingerprint density at radius 2 is 2.16 bits per heavy atom. The first-order valence-corrected chi connectivity index (χ1v) is 7.81. The van der Waals surface area contributed by atoms with Crippen molar-refractivity contribution in [3.05, 3.63) is 35.9 Å². The Morgan fingerprint density at radius 1 is 1.37 bits per heavy atom. The number of benzene rings is 1. The molecule has 4 heteroatoms. The van der Waals surface area contributed by atoms with Crippen LogP contribution >= 0.6 is 11.8 Å². The zero-order valence-electron chi connectivity index (χ0n) is 11.6. The van der Waals surface area contributed by atoms with Crippen LogP contribution in [0.4, 0.5) is 0 Å². The quantitative estimate of drug-likeness (QED) is 0.765. The zero-order valence-corrected chi connectivity index (χ0v) is 12.4. The summed E-state index contributed by atoms with van der Waals surface area (Å²) in [6.07, 6.45) is 0.870. The molecule has 1 aliphatic rings. The Kier molecular flexibility index (Phi) is 5.28. The van der Waals surface area contributed by atoms with Crippen molar-refractivity contribution >= 4 is 17.5 Å². The van der Waals surface area contributed by atoms with E-state index in [0.717, 1.165) is 23.6 Å². The van der Waals surface area contributed by atoms with Crippen LogP contribution in [0, 0.1) is 0 Å². The van der Waals surface area contributed by atoms with Crippen LogP contribution in [0.5, 0.6) is 0 Å². The molecule has 0 saturated carbocycles. The first-order valence-electron chi connectivity index (χ1n) is 6.65. The summed E-state index contributed by atoms with van der Waals surface area (Å²) in [4.78, 5) is 5.54. The van der Waals surface area contributed by atoms with Gasteiger partial charge in [-0.3, -0.25) is 0 Å². The summed E-state index contributed by atoms with van der Waals surface area (Å²) in [5.41, 5.74) is 2.03. The third-order valence-corrected chi connectivity index (χ3v) is 3.91. The molecule has 0 aromatic heterocycles. The lowest BCUT2D eigenvalue weighted by Crippen LogP contribution is -2.31. The van der Waals surface area contributed by atoms with E-state index in [4.69, 9.17) is 9.57 Å². The molecule has 104 valence electrons. The second-order valence-corrected chi connectivity index (χ2v) is 6.27. The van der Waals surface area contributed by atoms with Gasteiger partial charge in [0.25, 0.3) is 0 Å². The molecule has 1 aliphatic heterocycles. The third-order valence-electron chi connectivity index (χ3n) is 2.96. The Bertz CT molecular complexity index is 421. The summed E-state index contributed by atoms with van der Waals surface area (Å²) in [7, 11) is 0. The lowest BCUT2D eigenvalue weighted by Gasteiger charge is -2.21. The van der Waals surface area contributed by atoms with E-state index in [1.807, 2.05) is 30.0 Å². The van der Waals surface area contributed by atoms with E-state index in [-0.39, 0.29) is 5.60 Å². The van der Waals surface area contributed by atoms with Gasteiger partial charge < -0.3 is 9.57 Å². The van der Waals surface area contributed by atoms with Crippen molar-refractivity contribution in [2.75, 3.05) is 18.1 Å². The number of thioether (sulfide) groups is 1. The van der Waals surface area contributed by atoms with Gasteiger partial charge in [0.15, 0.2) is 5.60 Å². The number of hydrogen-bond donors (Lipinski definition) is 0. The minimum Gasteiger partial charge on any atom is -0.387 e. The summed E-state index contributed by atoms with van der Waals surface area (Å²) >= 11 is 1.88. The molecule has 19 heavy (non-hydrogen) atoms. The Labute approximate surface area is 119 Å². The molecular weight excluding hydrogens is 258 g/mol. The number of hydrogen-bond acceptors (Lipinski definition) is 4. The van der Waals surface area contributed by atoms with Crippen LogP contribution in [0.25, 0.3) is 0 Å². The molecule has 1 heterocycles. The molecular formula is C15H21NO2S. The molecule has 0 bridgehead atoms. The van der Waals surface area contributed by atoms with Gasteiger partial charge in [-0.2, -0.15) is 11.8 Å². The molecule has 0 radical (unpaired) electrons. The number of oxime groups is 1. The van der Waals surface area contributed by atoms with Crippen LogP contribution in [0.15, 0.2) is 35.5 Å². The van der Waals surface area contributed by atoms with Gasteiger partial charge in [0.2, 0.25) is 0 Å². The van der Waals surface area contributed by atoms with Gasteiger partial charge >= 0.3 is 0 Å². The fourth-order valence-corrected chi connectivity index (χ4v) is 2.60. The summed E-state index contributed by atoms with van der Waals surface area (Å²) in [5, 5.41) is 4.17. The smallest absolute Gasteiger partial charge is 0.163 e. The molecule has 1 unspecified atom stereocenters. The first-order chi connectivity index (χ1) is 9.22. The molecule has 0 fully saturated rings. The molecule has 0 spiro atoms. The summed E-state index contributed by atoms with van der Waals surface area (Å²) in [5.74, 6) is 2.07. The van der Waals surface area contributed by atoms with Gasteiger partial charge in [-0.05, 0) is 18.2 Å². The first kappa shape index (κ1) is 14.4. The maximum Gasteiger partial charge on any atom is 0.163 e. The molecule has 1 aromatic carbocycles. The van der Waals surface area contributed by atoms with Gasteiger partial charge in [0.05, 0.1) is 18.9 Å². The predicted molar refractivity (Wildman–Crippen MR) is 80.6 cm³/mol. The van der Waals surface area contributed by atoms with Crippen molar-refractivity contribution in [2.24, 2.45) is 5.16 Å². The van der Waals surface area contributed by atoms with Crippen molar-refractivity contribution in [2.45, 2.75) is 32.5 Å². The molecule has 0 saturated heterocycles. The van der Waals surface area contributed by atoms with E-state index in [9.17, 15) is 0 Å². The van der Waals surface area contributed by atoms with Crippen LogP contribution in [0.2, 0.25) is 0 Å². The molecule has 0 amide bonds. The Morgan fingerprint density at radius 3 is 2.89 bits per heavy atom. The normalized spacial score (nSPS) is 22.1. The molecule has 2 rings (SSSR count). The second kappa shape index (κ2) is 6.96. The fourth-order valence-electron chi connectivity index (χ4n) is 2.00. The van der Waals surface area contributed by atoms with Crippen molar-refractivity contribution in [3.63, 3.8) is 0 Å². The van der Waals surface area contributed by atoms with Gasteiger partial charge in [-0.1, -0.05) is 42.4 Å². The topological polar surface area (TPSA) is 30.8 Å². The summed E-state index contributed by atoms with van der Waals surface area (Å²) in [6.45, 7) is 5.42. The molecule has 0 aliphatic carbocycles. The molecule has 3 nitrogen and oxygen atoms in total. The Hall–Kier alpha value is -1.00. The lowest BCUT2D eigenvalue weighted by molar-refractivity contribution is -0.0709. The Balaban J connectivity index is 1.72. The highest BCUT2D eigenvalue weighted by atomic mass is 32.2. The van der Waals surface area contributed by atoms with E-state index in [1.54, 1.807) is 0 Å². The zero-order chi connectivity index (χ0) is 13.6. The molecule has 0 N–H and O–H groups in total. The standard InChI is InChI=1S/C15H21NO2S/c1-3-19-11-14-9-15(2,18-16-14)12-17-10-13-7-5-4-6-8-13/h4-8H,3,9-12H2,1-2H3. The van der Waals surface area contributed by atoms with E-state index >= 15 is 0 Å². The van der Waals surface area contributed by atoms with Crippen LogP contribution < -0.4 is 0 Å². The van der Waals surface area contributed by atoms with Gasteiger partial charge in [0, 0.05) is 12.2 Å². The SMILES string of the molecule is CCSCC1=NOC(C)(COCc2ccccc2)C1. The fraction of sp³-hybridized carbons (Fsp3) is 0.533. The highest BCUT2D eigenvalue weighted by molar-refractivity contribution is 7.99. The largest absolute Gasteiger partial charge is 0.387 e.